The number of hydrogen-bond donors (Lipinski definition) is 2. The molecule has 0 saturated carbocycles. The van der Waals surface area contributed by atoms with Gasteiger partial charge in [-0.3, -0.25) is 16.0 Å². The number of hydrogen-bond acceptors (Lipinski definition) is 4. The highest BCUT2D eigenvalue weighted by molar-refractivity contribution is 5.37. The smallest absolute Gasteiger partial charge is 0.121 e. The highest BCUT2D eigenvalue weighted by atomic mass is 16.5. The number of hydrazine groups is 1. The normalized spacial score (nSPS) is 12.7. The van der Waals surface area contributed by atoms with Crippen LogP contribution < -0.4 is 16.0 Å². The van der Waals surface area contributed by atoms with Crippen LogP contribution in [0.5, 0.6) is 5.75 Å². The molecule has 1 atom stereocenters. The van der Waals surface area contributed by atoms with Crippen molar-refractivity contribution in [1.29, 1.82) is 0 Å². The molecule has 1 heterocycles. The van der Waals surface area contributed by atoms with E-state index in [2.05, 4.69) is 30.4 Å². The second kappa shape index (κ2) is 6.74. The van der Waals surface area contributed by atoms with Crippen LogP contribution in [0.3, 0.4) is 0 Å². The van der Waals surface area contributed by atoms with Crippen LogP contribution in [0.1, 0.15) is 42.8 Å². The van der Waals surface area contributed by atoms with Crippen molar-refractivity contribution in [2.75, 3.05) is 7.11 Å². The number of methoxy groups -OCH3 is 1. The molecule has 5 heteroatoms. The van der Waals surface area contributed by atoms with Crippen molar-refractivity contribution in [3.63, 3.8) is 0 Å². The lowest BCUT2D eigenvalue weighted by molar-refractivity contribution is 0.411. The van der Waals surface area contributed by atoms with Gasteiger partial charge in [0.15, 0.2) is 0 Å². The number of nitrogens with one attached hydrogen (secondary N) is 1. The molecular weight excluding hydrogens is 264 g/mol. The van der Waals surface area contributed by atoms with Crippen molar-refractivity contribution in [3.8, 4) is 5.75 Å². The van der Waals surface area contributed by atoms with Gasteiger partial charge >= 0.3 is 0 Å². The number of ether oxygens (including phenoxy) is 1. The first-order valence-electron chi connectivity index (χ1n) is 7.19. The lowest BCUT2D eigenvalue weighted by atomic mass is 10.0. The van der Waals surface area contributed by atoms with Gasteiger partial charge < -0.3 is 4.74 Å². The second-order valence-electron chi connectivity index (χ2n) is 5.53. The average Bonchev–Trinajstić information content (AvgIpc) is 2.93. The van der Waals surface area contributed by atoms with Crippen molar-refractivity contribution in [3.05, 3.63) is 47.3 Å². The number of nitrogens with zero attached hydrogens (tertiary/aromatic N) is 2. The van der Waals surface area contributed by atoms with Gasteiger partial charge in [-0.15, -0.1) is 0 Å². The highest BCUT2D eigenvalue weighted by Gasteiger charge is 2.14. The molecule has 0 aliphatic carbocycles. The summed E-state index contributed by atoms with van der Waals surface area (Å²) in [5.41, 5.74) is 6.14. The summed E-state index contributed by atoms with van der Waals surface area (Å²) < 4.78 is 7.25. The molecule has 0 spiro atoms. The number of rotatable bonds is 6. The summed E-state index contributed by atoms with van der Waals surface area (Å²) in [4.78, 5) is 0. The number of aryl methyl sites for hydroxylation is 1. The maximum absolute atomic E-state index is 5.72. The first kappa shape index (κ1) is 15.5. The third-order valence-electron chi connectivity index (χ3n) is 3.63. The summed E-state index contributed by atoms with van der Waals surface area (Å²) in [5.74, 6) is 6.61. The van der Waals surface area contributed by atoms with Gasteiger partial charge in [0, 0.05) is 18.7 Å². The van der Waals surface area contributed by atoms with E-state index in [1.165, 1.54) is 0 Å². The Labute approximate surface area is 126 Å². The molecular formula is C16H24N4O. The zero-order chi connectivity index (χ0) is 15.4. The quantitative estimate of drug-likeness (QED) is 0.633. The van der Waals surface area contributed by atoms with E-state index in [9.17, 15) is 0 Å². The summed E-state index contributed by atoms with van der Waals surface area (Å²) >= 11 is 0. The Morgan fingerprint density at radius 1 is 1.33 bits per heavy atom. The molecule has 0 saturated heterocycles. The molecule has 2 aromatic rings. The van der Waals surface area contributed by atoms with Crippen molar-refractivity contribution in [2.24, 2.45) is 5.84 Å². The third kappa shape index (κ3) is 3.62. The fraction of sp³-hybridized carbons (Fsp3) is 0.438. The van der Waals surface area contributed by atoms with E-state index in [1.807, 2.05) is 36.0 Å². The first-order chi connectivity index (χ1) is 10.0. The maximum atomic E-state index is 5.72. The van der Waals surface area contributed by atoms with Crippen LogP contribution in [0.2, 0.25) is 0 Å². The Hall–Kier alpha value is -1.85. The Morgan fingerprint density at radius 2 is 2.10 bits per heavy atom. The minimum atomic E-state index is 0.0325. The lowest BCUT2D eigenvalue weighted by Gasteiger charge is -2.17. The zero-order valence-electron chi connectivity index (χ0n) is 13.1. The van der Waals surface area contributed by atoms with Gasteiger partial charge in [0.25, 0.3) is 0 Å². The molecule has 0 aliphatic rings. The molecule has 3 N–H and O–H groups in total. The molecule has 0 radical (unpaired) electrons. The second-order valence-corrected chi connectivity index (χ2v) is 5.53. The summed E-state index contributed by atoms with van der Waals surface area (Å²) in [6, 6.07) is 8.55. The molecule has 0 bridgehead atoms. The molecule has 0 amide bonds. The van der Waals surface area contributed by atoms with Crippen molar-refractivity contribution in [2.45, 2.75) is 39.3 Å². The Morgan fingerprint density at radius 3 is 2.62 bits per heavy atom. The standard InChI is InChI=1S/C16H24N4O/c1-11(2)20-8-7-14(19-20)10-15(18-17)13-5-6-16(21-4)12(3)9-13/h5-9,11,15,18H,10,17H2,1-4H3. The number of benzene rings is 1. The SMILES string of the molecule is COc1ccc(C(Cc2ccn(C(C)C)n2)NN)cc1C. The predicted octanol–water partition coefficient (Wildman–Crippen LogP) is 2.53. The third-order valence-corrected chi connectivity index (χ3v) is 3.63. The molecule has 1 aromatic heterocycles. The van der Waals surface area contributed by atoms with E-state index in [-0.39, 0.29) is 6.04 Å². The van der Waals surface area contributed by atoms with Crippen LogP contribution in [-0.2, 0) is 6.42 Å². The molecule has 114 valence electrons. The fourth-order valence-electron chi connectivity index (χ4n) is 2.37. The molecule has 5 nitrogen and oxygen atoms in total. The highest BCUT2D eigenvalue weighted by Crippen LogP contribution is 2.24. The van der Waals surface area contributed by atoms with Crippen LogP contribution in [0.4, 0.5) is 0 Å². The topological polar surface area (TPSA) is 65.1 Å². The van der Waals surface area contributed by atoms with E-state index in [0.717, 1.165) is 29.0 Å². The van der Waals surface area contributed by atoms with Gasteiger partial charge in [-0.25, -0.2) is 0 Å². The van der Waals surface area contributed by atoms with E-state index >= 15 is 0 Å². The zero-order valence-corrected chi connectivity index (χ0v) is 13.1. The number of aromatic nitrogens is 2. The minimum Gasteiger partial charge on any atom is -0.496 e. The van der Waals surface area contributed by atoms with E-state index in [0.29, 0.717) is 6.04 Å². The molecule has 0 fully saturated rings. The lowest BCUT2D eigenvalue weighted by Crippen LogP contribution is -2.29. The predicted molar refractivity (Wildman–Crippen MR) is 84.1 cm³/mol. The summed E-state index contributed by atoms with van der Waals surface area (Å²) in [7, 11) is 1.68. The van der Waals surface area contributed by atoms with Crippen LogP contribution in [-0.4, -0.2) is 16.9 Å². The largest absolute Gasteiger partial charge is 0.496 e. The summed E-state index contributed by atoms with van der Waals surface area (Å²) in [6.07, 6.45) is 2.76. The van der Waals surface area contributed by atoms with Crippen molar-refractivity contribution < 1.29 is 4.74 Å². The molecule has 0 aliphatic heterocycles. The van der Waals surface area contributed by atoms with Crippen LogP contribution >= 0.6 is 0 Å². The fourth-order valence-corrected chi connectivity index (χ4v) is 2.37. The molecule has 1 unspecified atom stereocenters. The Kier molecular flexibility index (Phi) is 4.98. The summed E-state index contributed by atoms with van der Waals surface area (Å²) in [6.45, 7) is 6.26. The van der Waals surface area contributed by atoms with Crippen molar-refractivity contribution in [1.82, 2.24) is 15.2 Å². The molecule has 21 heavy (non-hydrogen) atoms. The molecule has 2 rings (SSSR count). The van der Waals surface area contributed by atoms with E-state index in [4.69, 9.17) is 10.6 Å². The van der Waals surface area contributed by atoms with Crippen LogP contribution in [0.15, 0.2) is 30.5 Å². The van der Waals surface area contributed by atoms with Gasteiger partial charge in [-0.2, -0.15) is 5.10 Å². The van der Waals surface area contributed by atoms with Gasteiger partial charge in [0.2, 0.25) is 0 Å². The van der Waals surface area contributed by atoms with Crippen LogP contribution in [0, 0.1) is 6.92 Å². The monoisotopic (exact) mass is 288 g/mol. The van der Waals surface area contributed by atoms with Crippen LogP contribution in [0.25, 0.3) is 0 Å². The Balaban J connectivity index is 2.17. The average molecular weight is 288 g/mol. The van der Waals surface area contributed by atoms with Gasteiger partial charge in [0.05, 0.1) is 18.8 Å². The van der Waals surface area contributed by atoms with Gasteiger partial charge in [-0.1, -0.05) is 12.1 Å². The van der Waals surface area contributed by atoms with E-state index < -0.39 is 0 Å². The summed E-state index contributed by atoms with van der Waals surface area (Å²) in [5, 5.41) is 4.58. The van der Waals surface area contributed by atoms with Gasteiger partial charge in [-0.05, 0) is 44.0 Å². The van der Waals surface area contributed by atoms with Crippen molar-refractivity contribution >= 4 is 0 Å². The number of nitrogens with two attached hydrogens (primary N) is 1. The minimum absolute atomic E-state index is 0.0325. The van der Waals surface area contributed by atoms with E-state index in [1.54, 1.807) is 7.11 Å². The Bertz CT molecular complexity index is 592. The maximum Gasteiger partial charge on any atom is 0.121 e. The van der Waals surface area contributed by atoms with Gasteiger partial charge in [0.1, 0.15) is 5.75 Å². The first-order valence-corrected chi connectivity index (χ1v) is 7.19. The molecule has 1 aromatic carbocycles.